The number of rotatable bonds is 7. The Hall–Kier alpha value is -1.28. The molecule has 0 aromatic rings. The monoisotopic (exact) mass is 183 g/mol. The van der Waals surface area contributed by atoms with Crippen molar-refractivity contribution in [1.29, 1.82) is 0 Å². The van der Waals surface area contributed by atoms with E-state index in [4.69, 9.17) is 0 Å². The molecule has 13 heavy (non-hydrogen) atoms. The smallest absolute Gasteiger partial charge is 0.256 e. The highest BCUT2D eigenvalue weighted by Crippen LogP contribution is 2.04. The molecule has 72 valence electrons. The van der Waals surface area contributed by atoms with E-state index in [2.05, 4.69) is 4.99 Å². The van der Waals surface area contributed by atoms with Gasteiger partial charge in [-0.25, -0.2) is 4.79 Å². The normalized spacial score (nSPS) is 8.92. The minimum Gasteiger partial charge on any atom is -0.303 e. The predicted molar refractivity (Wildman–Crippen MR) is 46.9 cm³/mol. The number of carbonyl (C=O) groups is 2. The number of amides is 1. The van der Waals surface area contributed by atoms with Gasteiger partial charge in [-0.05, 0) is 12.8 Å². The van der Waals surface area contributed by atoms with Crippen molar-refractivity contribution in [2.75, 3.05) is 0 Å². The molecule has 0 aromatic carbocycles. The topological polar surface area (TPSA) is 63.6 Å². The molecule has 0 N–H and O–H groups in total. The van der Waals surface area contributed by atoms with Crippen LogP contribution in [0.3, 0.4) is 0 Å². The first-order valence-corrected chi connectivity index (χ1v) is 4.35. The quantitative estimate of drug-likeness (QED) is 0.259. The van der Waals surface area contributed by atoms with Crippen LogP contribution in [0.25, 0.3) is 0 Å². The maximum Gasteiger partial charge on any atom is 0.256 e. The molecule has 0 heterocycles. The molecule has 0 spiro atoms. The lowest BCUT2D eigenvalue weighted by Crippen LogP contribution is -1.92. The van der Waals surface area contributed by atoms with Crippen LogP contribution in [-0.4, -0.2) is 18.3 Å². The third-order valence-electron chi connectivity index (χ3n) is 1.63. The number of carbonyl (C=O) groups excluding carboxylic acids is 3. The third-order valence-corrected chi connectivity index (χ3v) is 1.63. The summed E-state index contributed by atoms with van der Waals surface area (Å²) in [6.07, 6.45) is 6.42. The minimum atomic E-state index is -0.412. The van der Waals surface area contributed by atoms with Gasteiger partial charge in [0.15, 0.2) is 0 Å². The SMILES string of the molecule is O=C=NC(=O)CCCCCCC=O. The molecular formula is C9H13NO3. The zero-order valence-corrected chi connectivity index (χ0v) is 7.49. The van der Waals surface area contributed by atoms with Crippen LogP contribution < -0.4 is 0 Å². The van der Waals surface area contributed by atoms with Crippen molar-refractivity contribution in [2.24, 2.45) is 4.99 Å². The fourth-order valence-electron chi connectivity index (χ4n) is 0.964. The Morgan fingerprint density at radius 1 is 1.23 bits per heavy atom. The second-order valence-electron chi connectivity index (χ2n) is 2.72. The highest BCUT2D eigenvalue weighted by molar-refractivity contribution is 5.81. The molecule has 0 aliphatic rings. The van der Waals surface area contributed by atoms with Gasteiger partial charge in [0, 0.05) is 12.8 Å². The van der Waals surface area contributed by atoms with Gasteiger partial charge in [-0.15, -0.1) is 4.99 Å². The maximum absolute atomic E-state index is 10.6. The molecule has 0 aliphatic carbocycles. The Morgan fingerprint density at radius 2 is 1.92 bits per heavy atom. The highest BCUT2D eigenvalue weighted by atomic mass is 16.2. The van der Waals surface area contributed by atoms with E-state index in [0.717, 1.165) is 32.0 Å². The molecule has 0 radical (unpaired) electrons. The van der Waals surface area contributed by atoms with Crippen molar-refractivity contribution in [2.45, 2.75) is 38.5 Å². The third kappa shape index (κ3) is 8.63. The number of nitrogens with zero attached hydrogens (tertiary/aromatic N) is 1. The van der Waals surface area contributed by atoms with Crippen LogP contribution in [0.4, 0.5) is 0 Å². The predicted octanol–water partition coefficient (Wildman–Crippen LogP) is 1.39. The fraction of sp³-hybridized carbons (Fsp3) is 0.667. The molecule has 0 rings (SSSR count). The molecule has 0 saturated heterocycles. The van der Waals surface area contributed by atoms with E-state index in [-0.39, 0.29) is 0 Å². The van der Waals surface area contributed by atoms with Crippen LogP contribution in [0.2, 0.25) is 0 Å². The van der Waals surface area contributed by atoms with Crippen molar-refractivity contribution < 1.29 is 14.4 Å². The van der Waals surface area contributed by atoms with Crippen LogP contribution in [-0.2, 0) is 14.4 Å². The van der Waals surface area contributed by atoms with E-state index in [1.54, 1.807) is 0 Å². The van der Waals surface area contributed by atoms with E-state index >= 15 is 0 Å². The number of aldehydes is 1. The van der Waals surface area contributed by atoms with Crippen molar-refractivity contribution in [1.82, 2.24) is 0 Å². The summed E-state index contributed by atoms with van der Waals surface area (Å²) < 4.78 is 0. The summed E-state index contributed by atoms with van der Waals surface area (Å²) in [5, 5.41) is 0. The Balaban J connectivity index is 3.20. The molecule has 0 atom stereocenters. The lowest BCUT2D eigenvalue weighted by atomic mass is 10.1. The first kappa shape index (κ1) is 11.7. The van der Waals surface area contributed by atoms with E-state index in [9.17, 15) is 14.4 Å². The Kier molecular flexibility index (Phi) is 7.95. The largest absolute Gasteiger partial charge is 0.303 e. The summed E-state index contributed by atoms with van der Waals surface area (Å²) in [6.45, 7) is 0. The second kappa shape index (κ2) is 8.81. The first-order valence-electron chi connectivity index (χ1n) is 4.35. The van der Waals surface area contributed by atoms with Crippen molar-refractivity contribution in [3.8, 4) is 0 Å². The van der Waals surface area contributed by atoms with Crippen molar-refractivity contribution in [3.05, 3.63) is 0 Å². The van der Waals surface area contributed by atoms with Gasteiger partial charge in [-0.2, -0.15) is 0 Å². The number of hydrogen-bond donors (Lipinski definition) is 0. The van der Waals surface area contributed by atoms with Crippen LogP contribution >= 0.6 is 0 Å². The van der Waals surface area contributed by atoms with E-state index in [1.807, 2.05) is 0 Å². The molecule has 0 unspecified atom stereocenters. The number of hydrogen-bond acceptors (Lipinski definition) is 3. The van der Waals surface area contributed by atoms with Crippen molar-refractivity contribution in [3.63, 3.8) is 0 Å². The van der Waals surface area contributed by atoms with Gasteiger partial charge < -0.3 is 4.79 Å². The first-order chi connectivity index (χ1) is 6.31. The van der Waals surface area contributed by atoms with E-state index < -0.39 is 5.91 Å². The van der Waals surface area contributed by atoms with Crippen molar-refractivity contribution >= 4 is 18.3 Å². The van der Waals surface area contributed by atoms with Crippen LogP contribution in [0.5, 0.6) is 0 Å². The lowest BCUT2D eigenvalue weighted by molar-refractivity contribution is -0.117. The molecule has 4 nitrogen and oxygen atoms in total. The molecular weight excluding hydrogens is 170 g/mol. The van der Waals surface area contributed by atoms with E-state index in [1.165, 1.54) is 6.08 Å². The van der Waals surface area contributed by atoms with Gasteiger partial charge in [0.2, 0.25) is 6.08 Å². The summed E-state index contributed by atoms with van der Waals surface area (Å²) in [5.74, 6) is -0.412. The van der Waals surface area contributed by atoms with Crippen LogP contribution in [0, 0.1) is 0 Å². The Bertz CT molecular complexity index is 207. The summed E-state index contributed by atoms with van der Waals surface area (Å²) >= 11 is 0. The van der Waals surface area contributed by atoms with Gasteiger partial charge >= 0.3 is 0 Å². The molecule has 0 saturated carbocycles. The van der Waals surface area contributed by atoms with Gasteiger partial charge in [0.25, 0.3) is 5.91 Å². The molecule has 0 aromatic heterocycles. The summed E-state index contributed by atoms with van der Waals surface area (Å²) in [4.78, 5) is 33.2. The molecule has 0 fully saturated rings. The van der Waals surface area contributed by atoms with Gasteiger partial charge in [-0.1, -0.05) is 12.8 Å². The second-order valence-corrected chi connectivity index (χ2v) is 2.72. The Morgan fingerprint density at radius 3 is 2.54 bits per heavy atom. The number of aliphatic imine (C=N–C) groups is 1. The average molecular weight is 183 g/mol. The zero-order valence-electron chi connectivity index (χ0n) is 7.49. The molecule has 0 bridgehead atoms. The summed E-state index contributed by atoms with van der Waals surface area (Å²) in [6, 6.07) is 0. The van der Waals surface area contributed by atoms with Crippen LogP contribution in [0.15, 0.2) is 4.99 Å². The molecule has 1 amide bonds. The van der Waals surface area contributed by atoms with Crippen LogP contribution in [0.1, 0.15) is 38.5 Å². The number of unbranched alkanes of at least 4 members (excludes halogenated alkanes) is 4. The Labute approximate surface area is 77.0 Å². The lowest BCUT2D eigenvalue weighted by Gasteiger charge is -1.95. The molecule has 0 aliphatic heterocycles. The molecule has 4 heteroatoms. The highest BCUT2D eigenvalue weighted by Gasteiger charge is 1.97. The number of isocyanates is 1. The fourth-order valence-corrected chi connectivity index (χ4v) is 0.964. The van der Waals surface area contributed by atoms with Gasteiger partial charge in [0.05, 0.1) is 0 Å². The van der Waals surface area contributed by atoms with Gasteiger partial charge in [0.1, 0.15) is 6.29 Å². The maximum atomic E-state index is 10.6. The zero-order chi connectivity index (χ0) is 9.94. The summed E-state index contributed by atoms with van der Waals surface area (Å²) in [7, 11) is 0. The standard InChI is InChI=1S/C9H13NO3/c11-7-5-3-1-2-4-6-9(13)10-8-12/h7H,1-6H2. The minimum absolute atomic E-state index is 0.302. The average Bonchev–Trinajstić information content (AvgIpc) is 2.11. The van der Waals surface area contributed by atoms with Gasteiger partial charge in [-0.3, -0.25) is 4.79 Å². The summed E-state index contributed by atoms with van der Waals surface area (Å²) in [5.41, 5.74) is 0. The van der Waals surface area contributed by atoms with E-state index in [0.29, 0.717) is 12.8 Å².